The van der Waals surface area contributed by atoms with Crippen LogP contribution in [0.5, 0.6) is 0 Å². The number of nitrogens with zero attached hydrogens (tertiary/aromatic N) is 1. The largest absolute Gasteiger partial charge is 0.343 e. The minimum absolute atomic E-state index is 0.123. The van der Waals surface area contributed by atoms with Crippen LogP contribution in [0.1, 0.15) is 15.9 Å². The van der Waals surface area contributed by atoms with Gasteiger partial charge in [-0.2, -0.15) is 0 Å². The monoisotopic (exact) mass is 384 g/mol. The summed E-state index contributed by atoms with van der Waals surface area (Å²) in [6.07, 6.45) is 0. The molecule has 2 aromatic rings. The first kappa shape index (κ1) is 18.6. The van der Waals surface area contributed by atoms with E-state index >= 15 is 0 Å². The molecule has 24 heavy (non-hydrogen) atoms. The van der Waals surface area contributed by atoms with Gasteiger partial charge in [0.25, 0.3) is 5.91 Å². The van der Waals surface area contributed by atoms with Gasteiger partial charge in [0.05, 0.1) is 17.1 Å². The van der Waals surface area contributed by atoms with Gasteiger partial charge in [0, 0.05) is 23.6 Å². The molecule has 0 heterocycles. The number of halogens is 3. The normalized spacial score (nSPS) is 10.3. The van der Waals surface area contributed by atoms with E-state index in [0.717, 1.165) is 5.56 Å². The minimum atomic E-state index is -0.426. The molecule has 0 atom stereocenters. The molecule has 2 aromatic carbocycles. The number of hydrogen-bond donors (Lipinski definition) is 1. The Kier molecular flexibility index (Phi) is 6.49. The van der Waals surface area contributed by atoms with Crippen LogP contribution in [0.3, 0.4) is 0 Å². The van der Waals surface area contributed by atoms with Crippen molar-refractivity contribution < 1.29 is 9.59 Å². The van der Waals surface area contributed by atoms with Crippen molar-refractivity contribution in [1.29, 1.82) is 0 Å². The molecule has 0 saturated heterocycles. The topological polar surface area (TPSA) is 49.4 Å². The lowest BCUT2D eigenvalue weighted by Crippen LogP contribution is -2.37. The first-order valence-electron chi connectivity index (χ1n) is 7.08. The number of rotatable bonds is 5. The molecule has 0 radical (unpaired) electrons. The Morgan fingerprint density at radius 1 is 1.00 bits per heavy atom. The number of carbonyl (C=O) groups excluding carboxylic acids is 2. The van der Waals surface area contributed by atoms with Gasteiger partial charge in [-0.3, -0.25) is 9.59 Å². The van der Waals surface area contributed by atoms with Crippen LogP contribution in [-0.4, -0.2) is 30.3 Å². The lowest BCUT2D eigenvalue weighted by atomic mass is 10.2. The van der Waals surface area contributed by atoms with E-state index in [1.54, 1.807) is 25.2 Å². The van der Waals surface area contributed by atoms with Crippen LogP contribution in [0.2, 0.25) is 15.1 Å². The van der Waals surface area contributed by atoms with Gasteiger partial charge in [0.1, 0.15) is 0 Å². The molecule has 0 aliphatic carbocycles. The number of amides is 2. The van der Waals surface area contributed by atoms with Crippen LogP contribution in [-0.2, 0) is 11.3 Å². The molecule has 0 aromatic heterocycles. The lowest BCUT2D eigenvalue weighted by molar-refractivity contribution is -0.129. The van der Waals surface area contributed by atoms with Gasteiger partial charge in [-0.1, -0.05) is 46.9 Å². The molecule has 4 nitrogen and oxygen atoms in total. The Balaban J connectivity index is 1.89. The maximum Gasteiger partial charge on any atom is 0.253 e. The van der Waals surface area contributed by atoms with Gasteiger partial charge in [0.2, 0.25) is 5.91 Å². The van der Waals surface area contributed by atoms with Crippen LogP contribution in [0, 0.1) is 0 Å². The lowest BCUT2D eigenvalue weighted by Gasteiger charge is -2.18. The van der Waals surface area contributed by atoms with E-state index in [2.05, 4.69) is 5.32 Å². The zero-order valence-corrected chi connectivity index (χ0v) is 15.1. The third-order valence-electron chi connectivity index (χ3n) is 3.33. The molecule has 7 heteroatoms. The van der Waals surface area contributed by atoms with Gasteiger partial charge >= 0.3 is 0 Å². The van der Waals surface area contributed by atoms with Crippen molar-refractivity contribution in [3.63, 3.8) is 0 Å². The van der Waals surface area contributed by atoms with Gasteiger partial charge < -0.3 is 10.2 Å². The van der Waals surface area contributed by atoms with Crippen LogP contribution in [0.25, 0.3) is 0 Å². The van der Waals surface area contributed by atoms with Crippen LogP contribution >= 0.6 is 34.8 Å². The fourth-order valence-electron chi connectivity index (χ4n) is 2.01. The fourth-order valence-corrected chi connectivity index (χ4v) is 2.63. The third-order valence-corrected chi connectivity index (χ3v) is 4.13. The van der Waals surface area contributed by atoms with Gasteiger partial charge in [0.15, 0.2) is 0 Å². The number of nitrogens with one attached hydrogen (secondary N) is 1. The molecule has 2 amide bonds. The Labute approximate surface area is 155 Å². The van der Waals surface area contributed by atoms with E-state index in [0.29, 0.717) is 16.6 Å². The first-order valence-corrected chi connectivity index (χ1v) is 8.22. The predicted octanol–water partition coefficient (Wildman–Crippen LogP) is 4.04. The third kappa shape index (κ3) is 5.13. The highest BCUT2D eigenvalue weighted by Crippen LogP contribution is 2.20. The zero-order valence-electron chi connectivity index (χ0n) is 12.9. The van der Waals surface area contributed by atoms with Gasteiger partial charge in [-0.15, -0.1) is 0 Å². The quantitative estimate of drug-likeness (QED) is 0.844. The average Bonchev–Trinajstić information content (AvgIpc) is 2.54. The summed E-state index contributed by atoms with van der Waals surface area (Å²) in [5.74, 6) is -0.645. The Morgan fingerprint density at radius 2 is 1.62 bits per heavy atom. The van der Waals surface area contributed by atoms with Crippen molar-refractivity contribution in [1.82, 2.24) is 10.2 Å². The molecule has 1 N–H and O–H groups in total. The number of likely N-dealkylation sites (N-methyl/N-ethyl adjacent to an activating group) is 1. The van der Waals surface area contributed by atoms with Gasteiger partial charge in [-0.25, -0.2) is 0 Å². The Hall–Kier alpha value is -1.75. The molecule has 0 bridgehead atoms. The van der Waals surface area contributed by atoms with E-state index in [-0.39, 0.29) is 23.0 Å². The molecule has 0 saturated carbocycles. The summed E-state index contributed by atoms with van der Waals surface area (Å²) in [7, 11) is 1.67. The second kappa shape index (κ2) is 8.38. The van der Waals surface area contributed by atoms with Crippen molar-refractivity contribution in [2.24, 2.45) is 0 Å². The molecule has 126 valence electrons. The number of hydrogen-bond acceptors (Lipinski definition) is 2. The molecule has 0 spiro atoms. The number of benzene rings is 2. The smallest absolute Gasteiger partial charge is 0.253 e. The predicted molar refractivity (Wildman–Crippen MR) is 96.7 cm³/mol. The SMILES string of the molecule is CN(Cc1ccc(Cl)cc1)C(=O)CNC(=O)c1ccc(Cl)cc1Cl. The Morgan fingerprint density at radius 3 is 2.25 bits per heavy atom. The van der Waals surface area contributed by atoms with E-state index in [4.69, 9.17) is 34.8 Å². The van der Waals surface area contributed by atoms with Crippen LogP contribution < -0.4 is 5.32 Å². The second-order valence-electron chi connectivity index (χ2n) is 5.18. The van der Waals surface area contributed by atoms with Crippen molar-refractivity contribution in [2.75, 3.05) is 13.6 Å². The second-order valence-corrected chi connectivity index (χ2v) is 6.46. The van der Waals surface area contributed by atoms with Crippen LogP contribution in [0.15, 0.2) is 42.5 Å². The molecule has 0 aliphatic rings. The molecule has 2 rings (SSSR count). The van der Waals surface area contributed by atoms with E-state index in [1.807, 2.05) is 12.1 Å². The van der Waals surface area contributed by atoms with Crippen molar-refractivity contribution in [3.8, 4) is 0 Å². The first-order chi connectivity index (χ1) is 11.4. The van der Waals surface area contributed by atoms with E-state index < -0.39 is 5.91 Å². The van der Waals surface area contributed by atoms with Crippen molar-refractivity contribution in [2.45, 2.75) is 6.54 Å². The summed E-state index contributed by atoms with van der Waals surface area (Å²) >= 11 is 17.6. The van der Waals surface area contributed by atoms with E-state index in [1.165, 1.54) is 17.0 Å². The highest BCUT2D eigenvalue weighted by Gasteiger charge is 2.14. The molecule has 0 unspecified atom stereocenters. The van der Waals surface area contributed by atoms with Crippen molar-refractivity contribution >= 4 is 46.6 Å². The summed E-state index contributed by atoms with van der Waals surface area (Å²) < 4.78 is 0. The summed E-state index contributed by atoms with van der Waals surface area (Å²) in [4.78, 5) is 25.7. The fraction of sp³-hybridized carbons (Fsp3) is 0.176. The van der Waals surface area contributed by atoms with Crippen LogP contribution in [0.4, 0.5) is 0 Å². The standard InChI is InChI=1S/C17H15Cl3N2O2/c1-22(10-11-2-4-12(18)5-3-11)16(23)9-21-17(24)14-7-6-13(19)8-15(14)20/h2-8H,9-10H2,1H3,(H,21,24). The summed E-state index contributed by atoms with van der Waals surface area (Å²) in [5, 5.41) is 3.87. The maximum atomic E-state index is 12.1. The summed E-state index contributed by atoms with van der Waals surface area (Å²) in [6.45, 7) is 0.301. The minimum Gasteiger partial charge on any atom is -0.343 e. The molecular formula is C17H15Cl3N2O2. The summed E-state index contributed by atoms with van der Waals surface area (Å²) in [5.41, 5.74) is 1.22. The highest BCUT2D eigenvalue weighted by atomic mass is 35.5. The molecular weight excluding hydrogens is 371 g/mol. The zero-order chi connectivity index (χ0) is 17.7. The van der Waals surface area contributed by atoms with Crippen molar-refractivity contribution in [3.05, 3.63) is 68.7 Å². The maximum absolute atomic E-state index is 12.1. The summed E-state index contributed by atoms with van der Waals surface area (Å²) in [6, 6.07) is 11.8. The molecule has 0 aliphatic heterocycles. The molecule has 0 fully saturated rings. The average molecular weight is 386 g/mol. The van der Waals surface area contributed by atoms with E-state index in [9.17, 15) is 9.59 Å². The Bertz CT molecular complexity index is 748. The van der Waals surface area contributed by atoms with Gasteiger partial charge in [-0.05, 0) is 35.9 Å². The number of carbonyl (C=O) groups is 2. The highest BCUT2D eigenvalue weighted by molar-refractivity contribution is 6.36.